The molecule has 0 bridgehead atoms. The van der Waals surface area contributed by atoms with Crippen molar-refractivity contribution < 1.29 is 9.90 Å². The smallest absolute Gasteiger partial charge is 0.181 e. The van der Waals surface area contributed by atoms with Gasteiger partial charge in [-0.05, 0) is 0 Å². The van der Waals surface area contributed by atoms with Gasteiger partial charge in [-0.1, -0.05) is 11.6 Å². The molecule has 0 saturated heterocycles. The number of ketones is 1. The van der Waals surface area contributed by atoms with E-state index in [1.807, 2.05) is 0 Å². The maximum absolute atomic E-state index is 10.7. The van der Waals surface area contributed by atoms with Crippen molar-refractivity contribution in [1.82, 2.24) is 4.98 Å². The van der Waals surface area contributed by atoms with Crippen LogP contribution in [-0.4, -0.2) is 15.9 Å². The van der Waals surface area contributed by atoms with Gasteiger partial charge in [-0.3, -0.25) is 4.79 Å². The minimum atomic E-state index is -0.279. The molecule has 58 valence electrons. The molecule has 0 aliphatic carbocycles. The molecule has 0 aromatic carbocycles. The van der Waals surface area contributed by atoms with E-state index in [9.17, 15) is 4.79 Å². The van der Waals surface area contributed by atoms with Gasteiger partial charge >= 0.3 is 0 Å². The highest BCUT2D eigenvalue weighted by atomic mass is 35.5. The number of aromatic nitrogens is 1. The number of rotatable bonds is 1. The molecule has 1 heterocycles. The van der Waals surface area contributed by atoms with Gasteiger partial charge in [0.2, 0.25) is 0 Å². The Bertz CT molecular complexity index is 298. The zero-order chi connectivity index (χ0) is 8.43. The van der Waals surface area contributed by atoms with Crippen molar-refractivity contribution in [2.45, 2.75) is 6.92 Å². The Morgan fingerprint density at radius 1 is 1.73 bits per heavy atom. The maximum atomic E-state index is 10.7. The number of carbonyl (C=O) groups excluding carboxylic acids is 1. The molecule has 0 atom stereocenters. The van der Waals surface area contributed by atoms with Crippen LogP contribution in [0.15, 0.2) is 12.3 Å². The predicted octanol–water partition coefficient (Wildman–Crippen LogP) is 1.64. The molecule has 0 aliphatic rings. The van der Waals surface area contributed by atoms with Crippen LogP contribution < -0.4 is 0 Å². The third kappa shape index (κ3) is 1.68. The lowest BCUT2D eigenvalue weighted by atomic mass is 10.2. The SMILES string of the molecule is CC(=O)c1ncc(Cl)cc1O. The number of hydrogen-bond donors (Lipinski definition) is 1. The van der Waals surface area contributed by atoms with Crippen LogP contribution in [0.5, 0.6) is 5.75 Å². The third-order valence-electron chi connectivity index (χ3n) is 1.17. The fourth-order valence-corrected chi connectivity index (χ4v) is 0.852. The van der Waals surface area contributed by atoms with Crippen LogP contribution in [0.4, 0.5) is 0 Å². The van der Waals surface area contributed by atoms with E-state index in [2.05, 4.69) is 4.98 Å². The van der Waals surface area contributed by atoms with Crippen molar-refractivity contribution in [2.24, 2.45) is 0 Å². The largest absolute Gasteiger partial charge is 0.505 e. The number of carbonyl (C=O) groups is 1. The van der Waals surface area contributed by atoms with E-state index in [4.69, 9.17) is 16.7 Å². The summed E-state index contributed by atoms with van der Waals surface area (Å²) in [6, 6.07) is 1.28. The molecule has 11 heavy (non-hydrogen) atoms. The standard InChI is InChI=1S/C7H6ClNO2/c1-4(10)7-6(11)2-5(8)3-9-7/h2-3,11H,1H3. The zero-order valence-corrected chi connectivity index (χ0v) is 6.59. The molecule has 1 rings (SSSR count). The summed E-state index contributed by atoms with van der Waals surface area (Å²) < 4.78 is 0. The van der Waals surface area contributed by atoms with Crippen LogP contribution in [0, 0.1) is 0 Å². The first-order valence-corrected chi connectivity index (χ1v) is 3.34. The average Bonchev–Trinajstić information content (AvgIpc) is 1.85. The normalized spacial score (nSPS) is 9.64. The summed E-state index contributed by atoms with van der Waals surface area (Å²) in [6.07, 6.45) is 1.32. The molecule has 1 aromatic heterocycles. The quantitative estimate of drug-likeness (QED) is 0.654. The molecule has 4 heteroatoms. The fraction of sp³-hybridized carbons (Fsp3) is 0.143. The second-order valence-corrected chi connectivity index (χ2v) is 2.51. The van der Waals surface area contributed by atoms with Gasteiger partial charge in [0.05, 0.1) is 5.02 Å². The molecule has 0 radical (unpaired) electrons. The first-order chi connectivity index (χ1) is 5.11. The van der Waals surface area contributed by atoms with Crippen LogP contribution in [0.1, 0.15) is 17.4 Å². The van der Waals surface area contributed by atoms with Gasteiger partial charge < -0.3 is 5.11 Å². The molecule has 0 unspecified atom stereocenters. The number of aromatic hydroxyl groups is 1. The lowest BCUT2D eigenvalue weighted by molar-refractivity contribution is 0.101. The van der Waals surface area contributed by atoms with Crippen LogP contribution in [0.25, 0.3) is 0 Å². The van der Waals surface area contributed by atoms with Crippen molar-refractivity contribution in [1.29, 1.82) is 0 Å². The van der Waals surface area contributed by atoms with Crippen LogP contribution in [0.2, 0.25) is 5.02 Å². The lowest BCUT2D eigenvalue weighted by Gasteiger charge is -1.97. The van der Waals surface area contributed by atoms with Gasteiger partial charge in [-0.15, -0.1) is 0 Å². The van der Waals surface area contributed by atoms with Crippen molar-refractivity contribution in [3.05, 3.63) is 23.0 Å². The molecule has 1 N–H and O–H groups in total. The maximum Gasteiger partial charge on any atom is 0.181 e. The van der Waals surface area contributed by atoms with Crippen molar-refractivity contribution in [3.63, 3.8) is 0 Å². The second kappa shape index (κ2) is 2.88. The highest BCUT2D eigenvalue weighted by Crippen LogP contribution is 2.18. The van der Waals surface area contributed by atoms with E-state index in [-0.39, 0.29) is 17.2 Å². The van der Waals surface area contributed by atoms with Gasteiger partial charge in [-0.25, -0.2) is 4.98 Å². The Morgan fingerprint density at radius 3 is 2.82 bits per heavy atom. The highest BCUT2D eigenvalue weighted by Gasteiger charge is 2.07. The molecule has 0 amide bonds. The Labute approximate surface area is 68.6 Å². The van der Waals surface area contributed by atoms with Gasteiger partial charge in [0.1, 0.15) is 11.4 Å². The molecule has 0 fully saturated rings. The number of Topliss-reactive ketones (excluding diaryl/α,β-unsaturated/α-hetero) is 1. The molecule has 1 aromatic rings. The summed E-state index contributed by atoms with van der Waals surface area (Å²) >= 11 is 5.49. The Hall–Kier alpha value is -1.09. The summed E-state index contributed by atoms with van der Waals surface area (Å²) in [5.41, 5.74) is 0.0504. The van der Waals surface area contributed by atoms with Crippen LogP contribution >= 0.6 is 11.6 Å². The summed E-state index contributed by atoms with van der Waals surface area (Å²) in [5.74, 6) is -0.454. The Balaban J connectivity index is 3.20. The third-order valence-corrected chi connectivity index (χ3v) is 1.37. The minimum absolute atomic E-state index is 0.0504. The van der Waals surface area contributed by atoms with E-state index in [0.717, 1.165) is 0 Å². The number of nitrogens with zero attached hydrogens (tertiary/aromatic N) is 1. The molecular formula is C7H6ClNO2. The van der Waals surface area contributed by atoms with E-state index >= 15 is 0 Å². The highest BCUT2D eigenvalue weighted by molar-refractivity contribution is 6.30. The van der Waals surface area contributed by atoms with E-state index in [1.165, 1.54) is 19.2 Å². The summed E-state index contributed by atoms with van der Waals surface area (Å²) in [7, 11) is 0. The van der Waals surface area contributed by atoms with E-state index in [1.54, 1.807) is 0 Å². The summed E-state index contributed by atoms with van der Waals surface area (Å²) in [4.78, 5) is 14.4. The molecule has 0 spiro atoms. The Kier molecular flexibility index (Phi) is 2.10. The van der Waals surface area contributed by atoms with Gasteiger partial charge in [0, 0.05) is 19.2 Å². The molecule has 3 nitrogen and oxygen atoms in total. The van der Waals surface area contributed by atoms with E-state index in [0.29, 0.717) is 5.02 Å². The fourth-order valence-electron chi connectivity index (χ4n) is 0.700. The molecular weight excluding hydrogens is 166 g/mol. The molecule has 0 saturated carbocycles. The van der Waals surface area contributed by atoms with Gasteiger partial charge in [-0.2, -0.15) is 0 Å². The van der Waals surface area contributed by atoms with Crippen molar-refractivity contribution >= 4 is 17.4 Å². The van der Waals surface area contributed by atoms with Crippen LogP contribution in [-0.2, 0) is 0 Å². The van der Waals surface area contributed by atoms with Crippen molar-refractivity contribution in [3.8, 4) is 5.75 Å². The topological polar surface area (TPSA) is 50.2 Å². The minimum Gasteiger partial charge on any atom is -0.505 e. The summed E-state index contributed by atoms with van der Waals surface area (Å²) in [6.45, 7) is 1.33. The summed E-state index contributed by atoms with van der Waals surface area (Å²) in [5, 5.41) is 9.41. The predicted molar refractivity (Wildman–Crippen MR) is 40.9 cm³/mol. The first-order valence-electron chi connectivity index (χ1n) is 2.96. The average molecular weight is 172 g/mol. The van der Waals surface area contributed by atoms with E-state index < -0.39 is 0 Å². The Morgan fingerprint density at radius 2 is 2.36 bits per heavy atom. The lowest BCUT2D eigenvalue weighted by Crippen LogP contribution is -1.95. The van der Waals surface area contributed by atoms with Crippen molar-refractivity contribution in [2.75, 3.05) is 0 Å². The first kappa shape index (κ1) is 8.01. The van der Waals surface area contributed by atoms with Gasteiger partial charge in [0.15, 0.2) is 5.78 Å². The number of pyridine rings is 1. The monoisotopic (exact) mass is 171 g/mol. The zero-order valence-electron chi connectivity index (χ0n) is 5.84. The molecule has 0 aliphatic heterocycles. The van der Waals surface area contributed by atoms with Crippen LogP contribution in [0.3, 0.4) is 0 Å². The second-order valence-electron chi connectivity index (χ2n) is 2.08. The number of hydrogen-bond acceptors (Lipinski definition) is 3. The number of halogens is 1. The van der Waals surface area contributed by atoms with Gasteiger partial charge in [0.25, 0.3) is 0 Å².